The SMILES string of the molecule is O=C1C2=Cc3ccccc3C2=C(c2ccccc2)N=C1c1ccccc1. The van der Waals surface area contributed by atoms with Gasteiger partial charge in [0.25, 0.3) is 0 Å². The van der Waals surface area contributed by atoms with Gasteiger partial charge in [-0.15, -0.1) is 0 Å². The fraction of sp³-hybridized carbons (Fsp3) is 0. The molecule has 3 aromatic carbocycles. The van der Waals surface area contributed by atoms with Gasteiger partial charge in [-0.3, -0.25) is 4.79 Å². The largest absolute Gasteiger partial charge is 0.287 e. The number of benzene rings is 3. The van der Waals surface area contributed by atoms with Crippen molar-refractivity contribution in [2.24, 2.45) is 4.99 Å². The van der Waals surface area contributed by atoms with Crippen molar-refractivity contribution in [3.63, 3.8) is 0 Å². The molecule has 26 heavy (non-hydrogen) atoms. The van der Waals surface area contributed by atoms with E-state index in [4.69, 9.17) is 4.99 Å². The zero-order valence-corrected chi connectivity index (χ0v) is 14.0. The van der Waals surface area contributed by atoms with Crippen molar-refractivity contribution >= 4 is 28.8 Å². The Morgan fingerprint density at radius 2 is 1.27 bits per heavy atom. The first kappa shape index (κ1) is 14.8. The highest BCUT2D eigenvalue weighted by molar-refractivity contribution is 6.58. The topological polar surface area (TPSA) is 29.4 Å². The molecule has 1 aliphatic carbocycles. The highest BCUT2D eigenvalue weighted by Gasteiger charge is 2.34. The van der Waals surface area contributed by atoms with Gasteiger partial charge in [0.05, 0.1) is 5.70 Å². The number of carbonyl (C=O) groups is 1. The van der Waals surface area contributed by atoms with E-state index in [1.807, 2.05) is 84.9 Å². The third-order valence-electron chi connectivity index (χ3n) is 4.81. The smallest absolute Gasteiger partial charge is 0.212 e. The second-order valence-corrected chi connectivity index (χ2v) is 6.39. The number of aliphatic imine (C=N–C) groups is 1. The standard InChI is InChI=1S/C24H15NO/c26-24-20-15-18-13-7-8-14-19(18)21(20)22(16-9-3-1-4-10-16)25-23(24)17-11-5-2-6-12-17/h1-15H. The Kier molecular flexibility index (Phi) is 3.29. The molecule has 0 fully saturated rings. The molecule has 0 amide bonds. The van der Waals surface area contributed by atoms with E-state index in [0.29, 0.717) is 5.71 Å². The summed E-state index contributed by atoms with van der Waals surface area (Å²) in [6.07, 6.45) is 1.99. The Labute approximate surface area is 151 Å². The Morgan fingerprint density at radius 3 is 2.00 bits per heavy atom. The first-order chi connectivity index (χ1) is 12.8. The lowest BCUT2D eigenvalue weighted by molar-refractivity contribution is -0.109. The van der Waals surface area contributed by atoms with Crippen LogP contribution in [-0.4, -0.2) is 11.5 Å². The lowest BCUT2D eigenvalue weighted by Gasteiger charge is -2.19. The number of allylic oxidation sites excluding steroid dienone is 2. The quantitative estimate of drug-likeness (QED) is 0.647. The lowest BCUT2D eigenvalue weighted by Crippen LogP contribution is -2.21. The normalized spacial score (nSPS) is 15.3. The molecular formula is C24H15NO. The van der Waals surface area contributed by atoms with Gasteiger partial charge < -0.3 is 0 Å². The highest BCUT2D eigenvalue weighted by Crippen LogP contribution is 2.44. The lowest BCUT2D eigenvalue weighted by atomic mass is 9.89. The van der Waals surface area contributed by atoms with Gasteiger partial charge in [-0.1, -0.05) is 84.9 Å². The van der Waals surface area contributed by atoms with Crippen LogP contribution in [0.15, 0.2) is 95.5 Å². The van der Waals surface area contributed by atoms with Crippen molar-refractivity contribution < 1.29 is 4.79 Å². The number of rotatable bonds is 2. The molecule has 122 valence electrons. The van der Waals surface area contributed by atoms with Crippen molar-refractivity contribution in [3.05, 3.63) is 113 Å². The molecule has 0 saturated carbocycles. The minimum absolute atomic E-state index is 0.0120. The minimum atomic E-state index is -0.0120. The molecule has 2 aliphatic rings. The Morgan fingerprint density at radius 1 is 0.654 bits per heavy atom. The van der Waals surface area contributed by atoms with Crippen LogP contribution >= 0.6 is 0 Å². The molecule has 0 unspecified atom stereocenters. The van der Waals surface area contributed by atoms with E-state index in [9.17, 15) is 4.79 Å². The summed E-state index contributed by atoms with van der Waals surface area (Å²) >= 11 is 0. The monoisotopic (exact) mass is 333 g/mol. The summed E-state index contributed by atoms with van der Waals surface area (Å²) in [5.41, 5.74) is 7.06. The van der Waals surface area contributed by atoms with Crippen LogP contribution < -0.4 is 0 Å². The fourth-order valence-electron chi connectivity index (χ4n) is 3.60. The van der Waals surface area contributed by atoms with Gasteiger partial charge in [-0.05, 0) is 17.2 Å². The zero-order chi connectivity index (χ0) is 17.5. The average molecular weight is 333 g/mol. The average Bonchev–Trinajstić information content (AvgIpc) is 3.10. The summed E-state index contributed by atoms with van der Waals surface area (Å²) in [6.45, 7) is 0. The van der Waals surface area contributed by atoms with Crippen LogP contribution in [0, 0.1) is 0 Å². The van der Waals surface area contributed by atoms with Crippen molar-refractivity contribution in [2.45, 2.75) is 0 Å². The third-order valence-corrected chi connectivity index (χ3v) is 4.81. The second-order valence-electron chi connectivity index (χ2n) is 6.39. The molecule has 0 saturated heterocycles. The van der Waals surface area contributed by atoms with Gasteiger partial charge in [0.15, 0.2) is 0 Å². The Balaban J connectivity index is 1.81. The maximum Gasteiger partial charge on any atom is 0.212 e. The predicted octanol–water partition coefficient (Wildman–Crippen LogP) is 5.02. The molecule has 0 N–H and O–H groups in total. The summed E-state index contributed by atoms with van der Waals surface area (Å²) in [5.74, 6) is -0.0120. The van der Waals surface area contributed by atoms with Crippen LogP contribution in [0.4, 0.5) is 0 Å². The minimum Gasteiger partial charge on any atom is -0.287 e. The van der Waals surface area contributed by atoms with Gasteiger partial charge in [0.1, 0.15) is 5.71 Å². The van der Waals surface area contributed by atoms with E-state index in [2.05, 4.69) is 6.07 Å². The number of carbonyl (C=O) groups excluding carboxylic acids is 1. The predicted molar refractivity (Wildman–Crippen MR) is 106 cm³/mol. The molecular weight excluding hydrogens is 318 g/mol. The first-order valence-electron chi connectivity index (χ1n) is 8.63. The van der Waals surface area contributed by atoms with Crippen LogP contribution in [0.5, 0.6) is 0 Å². The van der Waals surface area contributed by atoms with Crippen LogP contribution in [0.1, 0.15) is 22.3 Å². The number of hydrogen-bond donors (Lipinski definition) is 0. The number of Topliss-reactive ketones (excluding diaryl/α,β-unsaturated/α-hetero) is 1. The van der Waals surface area contributed by atoms with E-state index in [0.717, 1.165) is 39.1 Å². The summed E-state index contributed by atoms with van der Waals surface area (Å²) in [7, 11) is 0. The Bertz CT molecular complexity index is 1120. The summed E-state index contributed by atoms with van der Waals surface area (Å²) in [6, 6.07) is 27.9. The molecule has 2 nitrogen and oxygen atoms in total. The molecule has 2 heteroatoms. The van der Waals surface area contributed by atoms with Crippen molar-refractivity contribution in [3.8, 4) is 0 Å². The maximum atomic E-state index is 13.2. The van der Waals surface area contributed by atoms with Gasteiger partial charge in [0.2, 0.25) is 5.78 Å². The fourth-order valence-corrected chi connectivity index (χ4v) is 3.60. The summed E-state index contributed by atoms with van der Waals surface area (Å²) < 4.78 is 0. The summed E-state index contributed by atoms with van der Waals surface area (Å²) in [5, 5.41) is 0. The number of hydrogen-bond acceptors (Lipinski definition) is 2. The zero-order valence-electron chi connectivity index (χ0n) is 14.0. The summed E-state index contributed by atoms with van der Waals surface area (Å²) in [4.78, 5) is 18.1. The first-order valence-corrected chi connectivity index (χ1v) is 8.63. The number of fused-ring (bicyclic) bond motifs is 3. The van der Waals surface area contributed by atoms with Crippen LogP contribution in [0.25, 0.3) is 17.3 Å². The molecule has 3 aromatic rings. The molecule has 0 atom stereocenters. The van der Waals surface area contributed by atoms with Crippen LogP contribution in [0.3, 0.4) is 0 Å². The highest BCUT2D eigenvalue weighted by atomic mass is 16.1. The van der Waals surface area contributed by atoms with Crippen molar-refractivity contribution in [1.82, 2.24) is 0 Å². The second kappa shape index (κ2) is 5.78. The van der Waals surface area contributed by atoms with E-state index >= 15 is 0 Å². The van der Waals surface area contributed by atoms with Crippen LogP contribution in [0.2, 0.25) is 0 Å². The van der Waals surface area contributed by atoms with E-state index < -0.39 is 0 Å². The molecule has 0 spiro atoms. The number of ketones is 1. The third kappa shape index (κ3) is 2.20. The van der Waals surface area contributed by atoms with E-state index in [1.165, 1.54) is 0 Å². The molecule has 0 radical (unpaired) electrons. The van der Waals surface area contributed by atoms with E-state index in [1.54, 1.807) is 0 Å². The number of nitrogens with zero attached hydrogens (tertiary/aromatic N) is 1. The van der Waals surface area contributed by atoms with Crippen molar-refractivity contribution in [1.29, 1.82) is 0 Å². The molecule has 5 rings (SSSR count). The molecule has 1 aliphatic heterocycles. The Hall–Kier alpha value is -3.52. The van der Waals surface area contributed by atoms with Gasteiger partial charge in [-0.25, -0.2) is 4.99 Å². The maximum absolute atomic E-state index is 13.2. The van der Waals surface area contributed by atoms with Gasteiger partial charge >= 0.3 is 0 Å². The van der Waals surface area contributed by atoms with Crippen molar-refractivity contribution in [2.75, 3.05) is 0 Å². The molecule has 0 aromatic heterocycles. The van der Waals surface area contributed by atoms with Gasteiger partial charge in [-0.2, -0.15) is 0 Å². The van der Waals surface area contributed by atoms with E-state index in [-0.39, 0.29) is 5.78 Å². The van der Waals surface area contributed by atoms with Crippen LogP contribution in [-0.2, 0) is 4.79 Å². The molecule has 1 heterocycles. The van der Waals surface area contributed by atoms with Gasteiger partial charge in [0, 0.05) is 22.3 Å². The molecule has 0 bridgehead atoms.